The van der Waals surface area contributed by atoms with Gasteiger partial charge in [-0.05, 0) is 11.1 Å². The van der Waals surface area contributed by atoms with Crippen molar-refractivity contribution in [3.05, 3.63) is 72.4 Å². The van der Waals surface area contributed by atoms with E-state index < -0.39 is 0 Å². The SMILES string of the molecule is C=C1C=CC=CC1c1ccccc1. The van der Waals surface area contributed by atoms with E-state index in [1.165, 1.54) is 5.56 Å². The zero-order valence-corrected chi connectivity index (χ0v) is 7.48. The second-order valence-corrected chi connectivity index (χ2v) is 3.21. The van der Waals surface area contributed by atoms with Gasteiger partial charge in [0.05, 0.1) is 0 Å². The van der Waals surface area contributed by atoms with Crippen molar-refractivity contribution < 1.29 is 0 Å². The van der Waals surface area contributed by atoms with Gasteiger partial charge >= 0.3 is 0 Å². The van der Waals surface area contributed by atoms with Gasteiger partial charge in [-0.2, -0.15) is 0 Å². The first kappa shape index (κ1) is 8.06. The summed E-state index contributed by atoms with van der Waals surface area (Å²) >= 11 is 0. The Morgan fingerprint density at radius 2 is 1.77 bits per heavy atom. The van der Waals surface area contributed by atoms with Gasteiger partial charge in [0.1, 0.15) is 0 Å². The molecule has 1 aliphatic rings. The summed E-state index contributed by atoms with van der Waals surface area (Å²) in [6.45, 7) is 4.03. The topological polar surface area (TPSA) is 0 Å². The molecule has 0 radical (unpaired) electrons. The van der Waals surface area contributed by atoms with E-state index in [0.29, 0.717) is 5.92 Å². The molecule has 0 aliphatic heterocycles. The van der Waals surface area contributed by atoms with Gasteiger partial charge < -0.3 is 0 Å². The molecule has 0 nitrogen and oxygen atoms in total. The zero-order chi connectivity index (χ0) is 9.10. The molecule has 0 amide bonds. The molecule has 0 heterocycles. The van der Waals surface area contributed by atoms with Gasteiger partial charge in [0.15, 0.2) is 0 Å². The molecule has 1 atom stereocenters. The zero-order valence-electron chi connectivity index (χ0n) is 7.48. The van der Waals surface area contributed by atoms with Crippen molar-refractivity contribution in [3.63, 3.8) is 0 Å². The van der Waals surface area contributed by atoms with Crippen LogP contribution in [0.15, 0.2) is 66.8 Å². The minimum atomic E-state index is 0.367. The van der Waals surface area contributed by atoms with Crippen LogP contribution in [0, 0.1) is 0 Å². The van der Waals surface area contributed by atoms with Gasteiger partial charge in [0, 0.05) is 5.92 Å². The lowest BCUT2D eigenvalue weighted by Crippen LogP contribution is -1.98. The highest BCUT2D eigenvalue weighted by molar-refractivity contribution is 5.42. The highest BCUT2D eigenvalue weighted by atomic mass is 14.1. The van der Waals surface area contributed by atoms with Gasteiger partial charge in [-0.15, -0.1) is 0 Å². The normalized spacial score (nSPS) is 20.6. The van der Waals surface area contributed by atoms with Crippen LogP contribution >= 0.6 is 0 Å². The molecule has 0 saturated heterocycles. The first-order chi connectivity index (χ1) is 6.38. The summed E-state index contributed by atoms with van der Waals surface area (Å²) in [7, 11) is 0. The minimum Gasteiger partial charge on any atom is -0.0949 e. The van der Waals surface area contributed by atoms with Crippen LogP contribution in [-0.4, -0.2) is 0 Å². The maximum atomic E-state index is 4.03. The van der Waals surface area contributed by atoms with Gasteiger partial charge in [-0.1, -0.05) is 61.2 Å². The lowest BCUT2D eigenvalue weighted by Gasteiger charge is -2.15. The quantitative estimate of drug-likeness (QED) is 0.602. The van der Waals surface area contributed by atoms with Crippen molar-refractivity contribution in [3.8, 4) is 0 Å². The molecule has 1 aromatic carbocycles. The minimum absolute atomic E-state index is 0.367. The van der Waals surface area contributed by atoms with Crippen LogP contribution in [0.25, 0.3) is 0 Å². The van der Waals surface area contributed by atoms with E-state index in [-0.39, 0.29) is 0 Å². The second-order valence-electron chi connectivity index (χ2n) is 3.21. The standard InChI is InChI=1S/C13H12/c1-11-7-5-6-10-13(11)12-8-3-2-4-9-12/h2-10,13H,1H2. The molecule has 0 heteroatoms. The fourth-order valence-electron chi connectivity index (χ4n) is 1.57. The third-order valence-electron chi connectivity index (χ3n) is 2.28. The summed E-state index contributed by atoms with van der Waals surface area (Å²) in [6, 6.07) is 10.4. The van der Waals surface area contributed by atoms with E-state index in [4.69, 9.17) is 0 Å². The van der Waals surface area contributed by atoms with Crippen LogP contribution < -0.4 is 0 Å². The van der Waals surface area contributed by atoms with Crippen molar-refractivity contribution in [1.29, 1.82) is 0 Å². The Labute approximate surface area is 78.9 Å². The molecule has 0 saturated carbocycles. The van der Waals surface area contributed by atoms with Crippen LogP contribution in [-0.2, 0) is 0 Å². The Hall–Kier alpha value is -1.56. The first-order valence-corrected chi connectivity index (χ1v) is 4.46. The summed E-state index contributed by atoms with van der Waals surface area (Å²) in [5, 5.41) is 0. The highest BCUT2D eigenvalue weighted by Crippen LogP contribution is 2.27. The fourth-order valence-corrected chi connectivity index (χ4v) is 1.57. The molecule has 0 aromatic heterocycles. The average Bonchev–Trinajstić information content (AvgIpc) is 2.20. The smallest absolute Gasteiger partial charge is 0.0266 e. The van der Waals surface area contributed by atoms with Crippen molar-refractivity contribution in [1.82, 2.24) is 0 Å². The third kappa shape index (κ3) is 1.62. The summed E-state index contributed by atoms with van der Waals surface area (Å²) in [5.41, 5.74) is 2.47. The maximum Gasteiger partial charge on any atom is 0.0266 e. The molecule has 64 valence electrons. The monoisotopic (exact) mass is 168 g/mol. The van der Waals surface area contributed by atoms with E-state index in [2.05, 4.69) is 49.1 Å². The molecular formula is C13H12. The Morgan fingerprint density at radius 1 is 1.00 bits per heavy atom. The number of benzene rings is 1. The summed E-state index contributed by atoms with van der Waals surface area (Å²) in [5.74, 6) is 0.367. The predicted octanol–water partition coefficient (Wildman–Crippen LogP) is 3.45. The summed E-state index contributed by atoms with van der Waals surface area (Å²) < 4.78 is 0. The third-order valence-corrected chi connectivity index (χ3v) is 2.28. The van der Waals surface area contributed by atoms with E-state index in [0.717, 1.165) is 5.57 Å². The lowest BCUT2D eigenvalue weighted by molar-refractivity contribution is 1.02. The first-order valence-electron chi connectivity index (χ1n) is 4.46. The van der Waals surface area contributed by atoms with E-state index >= 15 is 0 Å². The van der Waals surface area contributed by atoms with Crippen molar-refractivity contribution in [2.45, 2.75) is 5.92 Å². The van der Waals surface area contributed by atoms with E-state index in [9.17, 15) is 0 Å². The van der Waals surface area contributed by atoms with Crippen molar-refractivity contribution in [2.75, 3.05) is 0 Å². The Kier molecular flexibility index (Phi) is 2.13. The second kappa shape index (κ2) is 3.44. The van der Waals surface area contributed by atoms with Crippen LogP contribution in [0.2, 0.25) is 0 Å². The molecule has 0 bridgehead atoms. The van der Waals surface area contributed by atoms with Crippen LogP contribution in [0.4, 0.5) is 0 Å². The van der Waals surface area contributed by atoms with Crippen LogP contribution in [0.5, 0.6) is 0 Å². The van der Waals surface area contributed by atoms with Crippen LogP contribution in [0.3, 0.4) is 0 Å². The molecule has 1 unspecified atom stereocenters. The average molecular weight is 168 g/mol. The molecule has 0 N–H and O–H groups in total. The van der Waals surface area contributed by atoms with Gasteiger partial charge in [-0.3, -0.25) is 0 Å². The largest absolute Gasteiger partial charge is 0.0949 e. The number of rotatable bonds is 1. The van der Waals surface area contributed by atoms with Crippen LogP contribution in [0.1, 0.15) is 11.5 Å². The number of allylic oxidation sites excluding steroid dienone is 5. The molecule has 2 rings (SSSR count). The van der Waals surface area contributed by atoms with E-state index in [1.807, 2.05) is 12.1 Å². The molecule has 13 heavy (non-hydrogen) atoms. The Morgan fingerprint density at radius 3 is 2.46 bits per heavy atom. The summed E-state index contributed by atoms with van der Waals surface area (Å²) in [4.78, 5) is 0. The van der Waals surface area contributed by atoms with Gasteiger partial charge in [0.25, 0.3) is 0 Å². The Bertz CT molecular complexity index is 355. The molecular weight excluding hydrogens is 156 g/mol. The highest BCUT2D eigenvalue weighted by Gasteiger charge is 2.10. The fraction of sp³-hybridized carbons (Fsp3) is 0.0769. The summed E-state index contributed by atoms with van der Waals surface area (Å²) in [6.07, 6.45) is 8.35. The van der Waals surface area contributed by atoms with Crippen molar-refractivity contribution in [2.24, 2.45) is 0 Å². The predicted molar refractivity (Wildman–Crippen MR) is 56.6 cm³/mol. The number of hydrogen-bond donors (Lipinski definition) is 0. The van der Waals surface area contributed by atoms with Gasteiger partial charge in [-0.25, -0.2) is 0 Å². The molecule has 0 fully saturated rings. The molecule has 1 aromatic rings. The lowest BCUT2D eigenvalue weighted by atomic mass is 9.89. The molecule has 0 spiro atoms. The Balaban J connectivity index is 2.32. The number of hydrogen-bond acceptors (Lipinski definition) is 0. The van der Waals surface area contributed by atoms with Gasteiger partial charge in [0.2, 0.25) is 0 Å². The van der Waals surface area contributed by atoms with E-state index in [1.54, 1.807) is 0 Å². The van der Waals surface area contributed by atoms with Crippen molar-refractivity contribution >= 4 is 0 Å². The molecule has 1 aliphatic carbocycles. The maximum absolute atomic E-state index is 4.03.